The van der Waals surface area contributed by atoms with Gasteiger partial charge in [0.15, 0.2) is 0 Å². The third-order valence-corrected chi connectivity index (χ3v) is 6.16. The fraction of sp³-hybridized carbons (Fsp3) is 0.350. The molecule has 1 aliphatic rings. The summed E-state index contributed by atoms with van der Waals surface area (Å²) in [6.07, 6.45) is 0.789. The molecule has 1 amide bonds. The van der Waals surface area contributed by atoms with Crippen LogP contribution in [-0.2, 0) is 21.2 Å². The zero-order valence-corrected chi connectivity index (χ0v) is 16.1. The Morgan fingerprint density at radius 1 is 1.08 bits per heavy atom. The number of hydrogen-bond donors (Lipinski definition) is 1. The lowest BCUT2D eigenvalue weighted by molar-refractivity contribution is -0.121. The molecule has 1 aliphatic heterocycles. The van der Waals surface area contributed by atoms with Crippen molar-refractivity contribution in [3.05, 3.63) is 59.7 Å². The quantitative estimate of drug-likeness (QED) is 0.878. The van der Waals surface area contributed by atoms with Crippen molar-refractivity contribution in [2.45, 2.75) is 38.1 Å². The topological polar surface area (TPSA) is 66.5 Å². The van der Waals surface area contributed by atoms with Crippen LogP contribution in [0.2, 0.25) is 0 Å². The molecule has 1 N–H and O–H groups in total. The number of fused-ring (bicyclic) bond motifs is 1. The minimum Gasteiger partial charge on any atom is -0.310 e. The van der Waals surface area contributed by atoms with Crippen molar-refractivity contribution in [2.75, 3.05) is 11.4 Å². The predicted octanol–water partition coefficient (Wildman–Crippen LogP) is 2.89. The van der Waals surface area contributed by atoms with Crippen LogP contribution in [0.4, 0.5) is 5.69 Å². The van der Waals surface area contributed by atoms with Crippen LogP contribution in [0.15, 0.2) is 53.4 Å². The number of nitrogens with zero attached hydrogens (tertiary/aromatic N) is 1. The summed E-state index contributed by atoms with van der Waals surface area (Å²) in [5.41, 5.74) is 2.97. The molecule has 0 fully saturated rings. The minimum absolute atomic E-state index is 0.170. The van der Waals surface area contributed by atoms with Gasteiger partial charge >= 0.3 is 0 Å². The van der Waals surface area contributed by atoms with Crippen LogP contribution in [0.5, 0.6) is 0 Å². The molecule has 1 heterocycles. The Balaban J connectivity index is 1.86. The van der Waals surface area contributed by atoms with Gasteiger partial charge in [-0.2, -0.15) is 4.72 Å². The Kier molecular flexibility index (Phi) is 5.16. The molecule has 0 bridgehead atoms. The van der Waals surface area contributed by atoms with Crippen molar-refractivity contribution >= 4 is 21.6 Å². The molecule has 3 rings (SSSR count). The van der Waals surface area contributed by atoms with Crippen molar-refractivity contribution in [1.29, 1.82) is 0 Å². The van der Waals surface area contributed by atoms with E-state index >= 15 is 0 Å². The Morgan fingerprint density at radius 2 is 1.73 bits per heavy atom. The van der Waals surface area contributed by atoms with Gasteiger partial charge in [-0.25, -0.2) is 8.42 Å². The van der Waals surface area contributed by atoms with Crippen LogP contribution in [0.3, 0.4) is 0 Å². The summed E-state index contributed by atoms with van der Waals surface area (Å²) in [6, 6.07) is 13.6. The van der Waals surface area contributed by atoms with E-state index in [1.54, 1.807) is 29.2 Å². The van der Waals surface area contributed by atoms with Crippen molar-refractivity contribution in [1.82, 2.24) is 4.72 Å². The number of aryl methyl sites for hydroxylation is 1. The van der Waals surface area contributed by atoms with Gasteiger partial charge in [-0.15, -0.1) is 0 Å². The first-order valence-corrected chi connectivity index (χ1v) is 10.3. The first-order valence-electron chi connectivity index (χ1n) is 8.78. The van der Waals surface area contributed by atoms with E-state index < -0.39 is 16.1 Å². The lowest BCUT2D eigenvalue weighted by Crippen LogP contribution is -2.51. The third-order valence-electron chi connectivity index (χ3n) is 4.70. The minimum atomic E-state index is -3.77. The highest BCUT2D eigenvalue weighted by atomic mass is 32.2. The van der Waals surface area contributed by atoms with Crippen LogP contribution in [0, 0.1) is 12.8 Å². The molecule has 0 spiro atoms. The highest BCUT2D eigenvalue weighted by Gasteiger charge is 2.34. The molecule has 1 atom stereocenters. The summed E-state index contributed by atoms with van der Waals surface area (Å²) >= 11 is 0. The second-order valence-corrected chi connectivity index (χ2v) is 8.74. The van der Waals surface area contributed by atoms with Gasteiger partial charge in [0.05, 0.1) is 4.90 Å². The Hall–Kier alpha value is -2.18. The van der Waals surface area contributed by atoms with Crippen molar-refractivity contribution in [2.24, 2.45) is 5.92 Å². The highest BCUT2D eigenvalue weighted by Crippen LogP contribution is 2.29. The summed E-state index contributed by atoms with van der Waals surface area (Å²) in [6.45, 7) is 6.17. The number of carbonyl (C=O) groups is 1. The van der Waals surface area contributed by atoms with Gasteiger partial charge in [0.2, 0.25) is 15.9 Å². The number of para-hydroxylation sites is 1. The monoisotopic (exact) mass is 372 g/mol. The average Bonchev–Trinajstić information content (AvgIpc) is 3.03. The molecule has 2 aromatic carbocycles. The zero-order chi connectivity index (χ0) is 18.9. The van der Waals surface area contributed by atoms with Gasteiger partial charge in [0, 0.05) is 12.2 Å². The van der Waals surface area contributed by atoms with E-state index in [4.69, 9.17) is 0 Å². The summed E-state index contributed by atoms with van der Waals surface area (Å²) in [5.74, 6) is -0.379. The largest absolute Gasteiger partial charge is 0.310 e. The second-order valence-electron chi connectivity index (χ2n) is 7.02. The van der Waals surface area contributed by atoms with E-state index in [0.29, 0.717) is 6.54 Å². The molecule has 0 saturated carbocycles. The first kappa shape index (κ1) is 18.6. The van der Waals surface area contributed by atoms with E-state index in [2.05, 4.69) is 4.72 Å². The number of sulfonamides is 1. The standard InChI is InChI=1S/C20H24N2O3S/c1-14(2)19(21-26(24,25)17-10-8-15(3)9-11-17)20(23)22-13-12-16-6-4-5-7-18(16)22/h4-11,14,19,21H,12-13H2,1-3H3/t19-/m0/s1. The van der Waals surface area contributed by atoms with Crippen LogP contribution in [0.25, 0.3) is 0 Å². The van der Waals surface area contributed by atoms with Gasteiger partial charge in [0.1, 0.15) is 6.04 Å². The van der Waals surface area contributed by atoms with Gasteiger partial charge < -0.3 is 4.90 Å². The van der Waals surface area contributed by atoms with Gasteiger partial charge in [-0.05, 0) is 43.0 Å². The molecule has 0 saturated heterocycles. The third kappa shape index (κ3) is 3.66. The van der Waals surface area contributed by atoms with E-state index in [9.17, 15) is 13.2 Å². The summed E-state index contributed by atoms with van der Waals surface area (Å²) in [4.78, 5) is 15.0. The molecule has 6 heteroatoms. The zero-order valence-electron chi connectivity index (χ0n) is 15.3. The number of nitrogens with one attached hydrogen (secondary N) is 1. The Labute approximate surface area is 155 Å². The maximum absolute atomic E-state index is 13.1. The van der Waals surface area contributed by atoms with Gasteiger partial charge in [-0.3, -0.25) is 4.79 Å². The molecular weight excluding hydrogens is 348 g/mol. The van der Waals surface area contributed by atoms with E-state index in [1.165, 1.54) is 0 Å². The maximum atomic E-state index is 13.1. The molecule has 0 aliphatic carbocycles. The number of rotatable bonds is 5. The molecule has 0 unspecified atom stereocenters. The first-order chi connectivity index (χ1) is 12.3. The lowest BCUT2D eigenvalue weighted by Gasteiger charge is -2.27. The van der Waals surface area contributed by atoms with Crippen molar-refractivity contribution in [3.8, 4) is 0 Å². The lowest BCUT2D eigenvalue weighted by atomic mass is 10.0. The fourth-order valence-electron chi connectivity index (χ4n) is 3.16. The Bertz CT molecular complexity index is 905. The summed E-state index contributed by atoms with van der Waals surface area (Å²) in [5, 5.41) is 0. The van der Waals surface area contributed by atoms with Crippen LogP contribution in [0.1, 0.15) is 25.0 Å². The number of amides is 1. The van der Waals surface area contributed by atoms with Gasteiger partial charge in [-0.1, -0.05) is 49.7 Å². The number of carbonyl (C=O) groups excluding carboxylic acids is 1. The molecule has 2 aromatic rings. The fourth-order valence-corrected chi connectivity index (χ4v) is 4.50. The SMILES string of the molecule is Cc1ccc(S(=O)(=O)N[C@H](C(=O)N2CCc3ccccc32)C(C)C)cc1. The number of hydrogen-bond acceptors (Lipinski definition) is 3. The average molecular weight is 372 g/mol. The molecule has 26 heavy (non-hydrogen) atoms. The highest BCUT2D eigenvalue weighted by molar-refractivity contribution is 7.89. The predicted molar refractivity (Wildman–Crippen MR) is 103 cm³/mol. The van der Waals surface area contributed by atoms with Crippen LogP contribution in [-0.4, -0.2) is 26.9 Å². The number of anilines is 1. The van der Waals surface area contributed by atoms with Gasteiger partial charge in [0.25, 0.3) is 0 Å². The summed E-state index contributed by atoms with van der Waals surface area (Å²) in [7, 11) is -3.77. The van der Waals surface area contributed by atoms with E-state index in [0.717, 1.165) is 23.2 Å². The molecule has 5 nitrogen and oxygen atoms in total. The molecular formula is C20H24N2O3S. The second kappa shape index (κ2) is 7.21. The Morgan fingerprint density at radius 3 is 2.38 bits per heavy atom. The van der Waals surface area contributed by atoms with E-state index in [-0.39, 0.29) is 16.7 Å². The summed E-state index contributed by atoms with van der Waals surface area (Å²) < 4.78 is 28.1. The number of benzene rings is 2. The normalized spacial score (nSPS) is 15.2. The smallest absolute Gasteiger partial charge is 0.245 e. The van der Waals surface area contributed by atoms with Crippen LogP contribution >= 0.6 is 0 Å². The van der Waals surface area contributed by atoms with Crippen molar-refractivity contribution < 1.29 is 13.2 Å². The molecule has 0 aromatic heterocycles. The van der Waals surface area contributed by atoms with Crippen molar-refractivity contribution in [3.63, 3.8) is 0 Å². The van der Waals surface area contributed by atoms with Crippen LogP contribution < -0.4 is 9.62 Å². The molecule has 138 valence electrons. The maximum Gasteiger partial charge on any atom is 0.245 e. The van der Waals surface area contributed by atoms with E-state index in [1.807, 2.05) is 45.0 Å². The molecule has 0 radical (unpaired) electrons.